The zero-order valence-electron chi connectivity index (χ0n) is 18.8. The highest BCUT2D eigenvalue weighted by molar-refractivity contribution is 5.18. The molecule has 2 N–H and O–H groups in total. The third-order valence-electron chi connectivity index (χ3n) is 5.71. The first kappa shape index (κ1) is 23.2. The fraction of sp³-hybridized carbons (Fsp3) is 0.357. The van der Waals surface area contributed by atoms with Gasteiger partial charge in [-0.2, -0.15) is 0 Å². The lowest BCUT2D eigenvalue weighted by atomic mass is 9.94. The first-order valence-corrected chi connectivity index (χ1v) is 11.4. The normalized spacial score (nSPS) is 13.5. The number of nitrogens with one attached hydrogen (secondary N) is 1. The van der Waals surface area contributed by atoms with Crippen LogP contribution in [0.3, 0.4) is 0 Å². The van der Waals surface area contributed by atoms with Crippen LogP contribution < -0.4 is 5.32 Å². The molecule has 3 aromatic rings. The van der Waals surface area contributed by atoms with Crippen molar-refractivity contribution in [2.45, 2.75) is 52.0 Å². The zero-order chi connectivity index (χ0) is 21.9. The summed E-state index contributed by atoms with van der Waals surface area (Å²) in [4.78, 5) is 2.53. The van der Waals surface area contributed by atoms with Gasteiger partial charge in [-0.1, -0.05) is 105 Å². The van der Waals surface area contributed by atoms with Crippen molar-refractivity contribution in [2.75, 3.05) is 6.61 Å². The summed E-state index contributed by atoms with van der Waals surface area (Å²) in [5.41, 5.74) is 3.83. The third kappa shape index (κ3) is 7.62. The van der Waals surface area contributed by atoms with E-state index in [0.29, 0.717) is 5.92 Å². The molecule has 0 bridgehead atoms. The molecule has 0 amide bonds. The molecule has 0 aliphatic heterocycles. The van der Waals surface area contributed by atoms with Gasteiger partial charge < -0.3 is 10.4 Å². The largest absolute Gasteiger partial charge is 0.395 e. The molecule has 0 heterocycles. The van der Waals surface area contributed by atoms with E-state index >= 15 is 0 Å². The van der Waals surface area contributed by atoms with E-state index in [1.165, 1.54) is 16.7 Å². The second-order valence-electron chi connectivity index (χ2n) is 8.73. The highest BCUT2D eigenvalue weighted by Crippen LogP contribution is 2.21. The Labute approximate surface area is 187 Å². The van der Waals surface area contributed by atoms with Crippen LogP contribution in [0.25, 0.3) is 0 Å². The lowest BCUT2D eigenvalue weighted by molar-refractivity contribution is 0.0886. The van der Waals surface area contributed by atoms with E-state index in [2.05, 4.69) is 109 Å². The van der Waals surface area contributed by atoms with Crippen LogP contribution in [0.4, 0.5) is 0 Å². The summed E-state index contributed by atoms with van der Waals surface area (Å²) in [6.45, 7) is 7.12. The van der Waals surface area contributed by atoms with Crippen molar-refractivity contribution in [2.24, 2.45) is 5.92 Å². The Morgan fingerprint density at radius 3 is 1.58 bits per heavy atom. The van der Waals surface area contributed by atoms with Crippen LogP contribution in [0, 0.1) is 5.92 Å². The van der Waals surface area contributed by atoms with Gasteiger partial charge >= 0.3 is 0 Å². The number of hydrogen-bond acceptors (Lipinski definition) is 3. The molecule has 2 atom stereocenters. The smallest absolute Gasteiger partial charge is 0.0600 e. The number of hydrogen-bond donors (Lipinski definition) is 2. The number of nitrogens with zero attached hydrogens (tertiary/aromatic N) is 1. The second kappa shape index (κ2) is 12.4. The van der Waals surface area contributed by atoms with E-state index in [-0.39, 0.29) is 18.7 Å². The Morgan fingerprint density at radius 1 is 0.710 bits per heavy atom. The quantitative estimate of drug-likeness (QED) is 0.423. The van der Waals surface area contributed by atoms with Gasteiger partial charge in [-0.25, -0.2) is 0 Å². The van der Waals surface area contributed by atoms with Crippen LogP contribution in [0.5, 0.6) is 0 Å². The van der Waals surface area contributed by atoms with Crippen LogP contribution in [-0.2, 0) is 19.6 Å². The van der Waals surface area contributed by atoms with Crippen molar-refractivity contribution in [3.8, 4) is 0 Å². The number of aliphatic hydroxyl groups is 1. The summed E-state index contributed by atoms with van der Waals surface area (Å²) >= 11 is 0. The van der Waals surface area contributed by atoms with Crippen LogP contribution in [0.15, 0.2) is 91.0 Å². The molecule has 3 heteroatoms. The minimum atomic E-state index is -0.00460. The van der Waals surface area contributed by atoms with E-state index in [1.807, 2.05) is 6.07 Å². The monoisotopic (exact) mass is 416 g/mol. The molecule has 31 heavy (non-hydrogen) atoms. The van der Waals surface area contributed by atoms with Crippen LogP contribution >= 0.6 is 0 Å². The van der Waals surface area contributed by atoms with Gasteiger partial charge in [-0.15, -0.1) is 0 Å². The van der Waals surface area contributed by atoms with Gasteiger partial charge in [0.1, 0.15) is 0 Å². The van der Waals surface area contributed by atoms with Crippen molar-refractivity contribution < 1.29 is 5.11 Å². The van der Waals surface area contributed by atoms with E-state index in [1.54, 1.807) is 0 Å². The van der Waals surface area contributed by atoms with Crippen molar-refractivity contribution in [3.63, 3.8) is 0 Å². The Hall–Kier alpha value is -2.46. The molecule has 3 rings (SSSR count). The fourth-order valence-corrected chi connectivity index (χ4v) is 4.14. The van der Waals surface area contributed by atoms with Crippen LogP contribution in [-0.4, -0.2) is 28.7 Å². The first-order chi connectivity index (χ1) is 15.2. The third-order valence-corrected chi connectivity index (χ3v) is 5.71. The van der Waals surface area contributed by atoms with E-state index in [4.69, 9.17) is 0 Å². The summed E-state index contributed by atoms with van der Waals surface area (Å²) in [5.74, 6) is 0.534. The second-order valence-corrected chi connectivity index (χ2v) is 8.73. The topological polar surface area (TPSA) is 35.5 Å². The standard InChI is InChI=1S/C28H36N2O/c1-23(2)18-28(27(22-31)29-19-24-12-6-3-7-13-24)30(20-25-14-8-4-9-15-25)21-26-16-10-5-11-17-26/h3-17,23,27-29,31H,18-22H2,1-2H3/t27-,28-/m0/s1. The highest BCUT2D eigenvalue weighted by atomic mass is 16.3. The molecule has 0 radical (unpaired) electrons. The molecular weight excluding hydrogens is 380 g/mol. The molecule has 0 spiro atoms. The summed E-state index contributed by atoms with van der Waals surface area (Å²) in [7, 11) is 0. The Balaban J connectivity index is 1.84. The Bertz CT molecular complexity index is 810. The van der Waals surface area contributed by atoms with Gasteiger partial charge in [0.2, 0.25) is 0 Å². The lowest BCUT2D eigenvalue weighted by Gasteiger charge is -2.38. The average Bonchev–Trinajstić information content (AvgIpc) is 2.80. The van der Waals surface area contributed by atoms with Crippen molar-refractivity contribution in [1.82, 2.24) is 10.2 Å². The molecular formula is C28H36N2O. The van der Waals surface area contributed by atoms with Crippen molar-refractivity contribution in [3.05, 3.63) is 108 Å². The molecule has 0 unspecified atom stereocenters. The van der Waals surface area contributed by atoms with E-state index in [9.17, 15) is 5.11 Å². The number of rotatable bonds is 12. The highest BCUT2D eigenvalue weighted by Gasteiger charge is 2.28. The molecule has 0 saturated carbocycles. The average molecular weight is 417 g/mol. The lowest BCUT2D eigenvalue weighted by Crippen LogP contribution is -2.51. The van der Waals surface area contributed by atoms with E-state index < -0.39 is 0 Å². The fourth-order valence-electron chi connectivity index (χ4n) is 4.14. The van der Waals surface area contributed by atoms with Gasteiger partial charge in [0.05, 0.1) is 6.61 Å². The van der Waals surface area contributed by atoms with Crippen molar-refractivity contribution >= 4 is 0 Å². The molecule has 0 aliphatic carbocycles. The zero-order valence-corrected chi connectivity index (χ0v) is 18.8. The van der Waals surface area contributed by atoms with Crippen molar-refractivity contribution in [1.29, 1.82) is 0 Å². The predicted octanol–water partition coefficient (Wildman–Crippen LogP) is 5.25. The minimum Gasteiger partial charge on any atom is -0.395 e. The molecule has 3 nitrogen and oxygen atoms in total. The maximum Gasteiger partial charge on any atom is 0.0600 e. The van der Waals surface area contributed by atoms with Crippen LogP contribution in [0.1, 0.15) is 37.0 Å². The summed E-state index contributed by atoms with van der Waals surface area (Å²) in [5, 5.41) is 14.0. The minimum absolute atomic E-state index is 0.00460. The molecule has 0 aliphatic rings. The molecule has 3 aromatic carbocycles. The van der Waals surface area contributed by atoms with Gasteiger partial charge in [-0.3, -0.25) is 4.90 Å². The maximum atomic E-state index is 10.4. The van der Waals surface area contributed by atoms with Gasteiger partial charge in [0.15, 0.2) is 0 Å². The summed E-state index contributed by atoms with van der Waals surface area (Å²) < 4.78 is 0. The maximum absolute atomic E-state index is 10.4. The molecule has 0 aromatic heterocycles. The molecule has 0 saturated heterocycles. The SMILES string of the molecule is CC(C)C[C@@H]([C@H](CO)NCc1ccccc1)N(Cc1ccccc1)Cc1ccccc1. The number of aliphatic hydroxyl groups excluding tert-OH is 1. The van der Waals surface area contributed by atoms with Gasteiger partial charge in [-0.05, 0) is 29.0 Å². The Morgan fingerprint density at radius 2 is 1.16 bits per heavy atom. The summed E-state index contributed by atoms with van der Waals surface area (Å²) in [6, 6.07) is 31.9. The van der Waals surface area contributed by atoms with Gasteiger partial charge in [0.25, 0.3) is 0 Å². The predicted molar refractivity (Wildman–Crippen MR) is 130 cm³/mol. The van der Waals surface area contributed by atoms with Crippen LogP contribution in [0.2, 0.25) is 0 Å². The van der Waals surface area contributed by atoms with E-state index in [0.717, 1.165) is 26.1 Å². The molecule has 0 fully saturated rings. The van der Waals surface area contributed by atoms with Gasteiger partial charge in [0, 0.05) is 31.7 Å². The number of benzene rings is 3. The molecule has 164 valence electrons. The Kier molecular flexibility index (Phi) is 9.29. The summed E-state index contributed by atoms with van der Waals surface area (Å²) in [6.07, 6.45) is 1.02. The first-order valence-electron chi connectivity index (χ1n) is 11.4.